The Hall–Kier alpha value is -2.93. The lowest BCUT2D eigenvalue weighted by atomic mass is 10.2. The van der Waals surface area contributed by atoms with Crippen molar-refractivity contribution in [3.8, 4) is 0 Å². The molecule has 1 amide bonds. The van der Waals surface area contributed by atoms with Crippen molar-refractivity contribution in [2.45, 2.75) is 0 Å². The van der Waals surface area contributed by atoms with Crippen molar-refractivity contribution >= 4 is 23.1 Å². The van der Waals surface area contributed by atoms with Gasteiger partial charge in [0.25, 0.3) is 5.91 Å². The van der Waals surface area contributed by atoms with Gasteiger partial charge in [-0.3, -0.25) is 4.79 Å². The number of para-hydroxylation sites is 2. The molecule has 0 unspecified atom stereocenters. The van der Waals surface area contributed by atoms with Crippen molar-refractivity contribution in [3.63, 3.8) is 0 Å². The maximum absolute atomic E-state index is 12.0. The number of rotatable bonds is 6. The zero-order valence-electron chi connectivity index (χ0n) is 13.9. The van der Waals surface area contributed by atoms with Gasteiger partial charge in [0.15, 0.2) is 0 Å². The molecular weight excluding hydrogens is 318 g/mol. The summed E-state index contributed by atoms with van der Waals surface area (Å²) in [7, 11) is 0. The normalized spacial score (nSPS) is 14.0. The lowest BCUT2D eigenvalue weighted by Gasteiger charge is -2.30. The summed E-state index contributed by atoms with van der Waals surface area (Å²) in [6.07, 6.45) is 3.00. The van der Waals surface area contributed by atoms with Gasteiger partial charge in [0.2, 0.25) is 0 Å². The average molecular weight is 339 g/mol. The van der Waals surface area contributed by atoms with E-state index in [1.165, 1.54) is 6.33 Å². The highest BCUT2D eigenvalue weighted by molar-refractivity contribution is 5.93. The molecule has 1 aliphatic heterocycles. The molecule has 130 valence electrons. The van der Waals surface area contributed by atoms with E-state index in [4.69, 9.17) is 4.74 Å². The predicted molar refractivity (Wildman–Crippen MR) is 97.3 cm³/mol. The Morgan fingerprint density at radius 1 is 1.28 bits per heavy atom. The maximum atomic E-state index is 12.0. The number of hydrogen-bond donors (Lipinski definition) is 2. The first-order valence-electron chi connectivity index (χ1n) is 8.18. The van der Waals surface area contributed by atoms with Crippen LogP contribution in [-0.4, -0.2) is 48.7 Å². The van der Waals surface area contributed by atoms with E-state index in [2.05, 4.69) is 38.1 Å². The summed E-state index contributed by atoms with van der Waals surface area (Å²) >= 11 is 0. The van der Waals surface area contributed by atoms with Gasteiger partial charge in [0, 0.05) is 25.7 Å². The summed E-state index contributed by atoms with van der Waals surface area (Å²) in [6.45, 7) is 7.10. The Kier molecular flexibility index (Phi) is 5.58. The van der Waals surface area contributed by atoms with Crippen LogP contribution in [0.3, 0.4) is 0 Å². The number of anilines is 3. The highest BCUT2D eigenvalue weighted by Crippen LogP contribution is 2.28. The molecule has 1 saturated heterocycles. The number of amides is 1. The quantitative estimate of drug-likeness (QED) is 0.784. The molecule has 0 atom stereocenters. The minimum absolute atomic E-state index is 0.258. The first-order chi connectivity index (χ1) is 12.3. The van der Waals surface area contributed by atoms with Gasteiger partial charge < -0.3 is 20.3 Å². The van der Waals surface area contributed by atoms with Crippen LogP contribution in [0.5, 0.6) is 0 Å². The molecule has 1 aliphatic rings. The van der Waals surface area contributed by atoms with Crippen molar-refractivity contribution in [1.29, 1.82) is 0 Å². The van der Waals surface area contributed by atoms with Gasteiger partial charge >= 0.3 is 0 Å². The van der Waals surface area contributed by atoms with Crippen molar-refractivity contribution in [2.75, 3.05) is 43.1 Å². The maximum Gasteiger partial charge on any atom is 0.270 e. The molecule has 0 radical (unpaired) electrons. The number of hydrogen-bond acceptors (Lipinski definition) is 6. The molecule has 0 aliphatic carbocycles. The standard InChI is InChI=1S/C18H21N5O2/c1-2-7-19-18(24)15-12-17(21-13-20-15)22-14-5-3-4-6-16(14)23-8-10-25-11-9-23/h2-6,12-13H,1,7-11H2,(H,19,24)(H,20,21,22). The largest absolute Gasteiger partial charge is 0.378 e. The number of carbonyl (C=O) groups is 1. The molecule has 1 aromatic heterocycles. The third-order valence-electron chi connectivity index (χ3n) is 3.83. The van der Waals surface area contributed by atoms with E-state index in [-0.39, 0.29) is 5.91 Å². The van der Waals surface area contributed by atoms with E-state index in [1.807, 2.05) is 18.2 Å². The van der Waals surface area contributed by atoms with Gasteiger partial charge in [-0.1, -0.05) is 18.2 Å². The topological polar surface area (TPSA) is 79.4 Å². The smallest absolute Gasteiger partial charge is 0.270 e. The molecule has 7 heteroatoms. The fourth-order valence-electron chi connectivity index (χ4n) is 2.60. The molecule has 1 aromatic carbocycles. The number of aromatic nitrogens is 2. The molecule has 1 fully saturated rings. The molecule has 3 rings (SSSR count). The molecule has 7 nitrogen and oxygen atoms in total. The Labute approximate surface area is 146 Å². The van der Waals surface area contributed by atoms with Crippen LogP contribution in [0.15, 0.2) is 49.3 Å². The Balaban J connectivity index is 1.78. The van der Waals surface area contributed by atoms with Crippen LogP contribution >= 0.6 is 0 Å². The first-order valence-corrected chi connectivity index (χ1v) is 8.18. The van der Waals surface area contributed by atoms with Crippen LogP contribution in [0.1, 0.15) is 10.5 Å². The van der Waals surface area contributed by atoms with Crippen LogP contribution in [0, 0.1) is 0 Å². The van der Waals surface area contributed by atoms with Crippen LogP contribution in [0.4, 0.5) is 17.2 Å². The Morgan fingerprint density at radius 3 is 2.88 bits per heavy atom. The van der Waals surface area contributed by atoms with Crippen molar-refractivity contribution in [2.24, 2.45) is 0 Å². The molecule has 2 aromatic rings. The highest BCUT2D eigenvalue weighted by atomic mass is 16.5. The number of ether oxygens (including phenoxy) is 1. The molecular formula is C18H21N5O2. The predicted octanol–water partition coefficient (Wildman–Crippen LogP) is 1.97. The second-order valence-corrected chi connectivity index (χ2v) is 5.53. The lowest BCUT2D eigenvalue weighted by Crippen LogP contribution is -2.36. The second kappa shape index (κ2) is 8.25. The summed E-state index contributed by atoms with van der Waals surface area (Å²) in [6, 6.07) is 9.65. The highest BCUT2D eigenvalue weighted by Gasteiger charge is 2.15. The van der Waals surface area contributed by atoms with E-state index >= 15 is 0 Å². The second-order valence-electron chi connectivity index (χ2n) is 5.53. The number of nitrogens with one attached hydrogen (secondary N) is 2. The summed E-state index contributed by atoms with van der Waals surface area (Å²) in [5.41, 5.74) is 2.32. The average Bonchev–Trinajstić information content (AvgIpc) is 2.67. The SMILES string of the molecule is C=CCNC(=O)c1cc(Nc2ccccc2N2CCOCC2)ncn1. The number of benzene rings is 1. The summed E-state index contributed by atoms with van der Waals surface area (Å²) in [5.74, 6) is 0.311. The third kappa shape index (κ3) is 4.33. The number of nitrogens with zero attached hydrogens (tertiary/aromatic N) is 3. The number of morpholine rings is 1. The van der Waals surface area contributed by atoms with E-state index in [9.17, 15) is 4.79 Å². The van der Waals surface area contributed by atoms with Gasteiger partial charge in [-0.05, 0) is 12.1 Å². The fourth-order valence-corrected chi connectivity index (χ4v) is 2.60. The van der Waals surface area contributed by atoms with Crippen molar-refractivity contribution in [3.05, 3.63) is 55.0 Å². The molecule has 0 spiro atoms. The Morgan fingerprint density at radius 2 is 2.08 bits per heavy atom. The van der Waals surface area contributed by atoms with Gasteiger partial charge in [0.1, 0.15) is 17.8 Å². The first kappa shape index (κ1) is 16.9. The minimum Gasteiger partial charge on any atom is -0.378 e. The van der Waals surface area contributed by atoms with E-state index in [0.717, 1.165) is 37.7 Å². The Bertz CT molecular complexity index is 744. The summed E-state index contributed by atoms with van der Waals surface area (Å²) in [4.78, 5) is 22.5. The van der Waals surface area contributed by atoms with Crippen LogP contribution in [-0.2, 0) is 4.74 Å². The fraction of sp³-hybridized carbons (Fsp3) is 0.278. The monoisotopic (exact) mass is 339 g/mol. The summed E-state index contributed by atoms with van der Waals surface area (Å²) < 4.78 is 5.42. The third-order valence-corrected chi connectivity index (χ3v) is 3.83. The van der Waals surface area contributed by atoms with Crippen molar-refractivity contribution < 1.29 is 9.53 Å². The minimum atomic E-state index is -0.258. The molecule has 2 N–H and O–H groups in total. The van der Waals surface area contributed by atoms with Crippen LogP contribution in [0.2, 0.25) is 0 Å². The molecule has 0 bridgehead atoms. The summed E-state index contributed by atoms with van der Waals surface area (Å²) in [5, 5.41) is 5.99. The van der Waals surface area contributed by atoms with Gasteiger partial charge in [0.05, 0.1) is 24.6 Å². The van der Waals surface area contributed by atoms with E-state index in [1.54, 1.807) is 12.1 Å². The van der Waals surface area contributed by atoms with Crippen LogP contribution < -0.4 is 15.5 Å². The van der Waals surface area contributed by atoms with Crippen LogP contribution in [0.25, 0.3) is 0 Å². The van der Waals surface area contributed by atoms with Gasteiger partial charge in [-0.25, -0.2) is 9.97 Å². The molecule has 2 heterocycles. The zero-order chi connectivity index (χ0) is 17.5. The van der Waals surface area contributed by atoms with Gasteiger partial charge in [-0.2, -0.15) is 0 Å². The lowest BCUT2D eigenvalue weighted by molar-refractivity contribution is 0.0953. The van der Waals surface area contributed by atoms with E-state index in [0.29, 0.717) is 18.1 Å². The van der Waals surface area contributed by atoms with Gasteiger partial charge in [-0.15, -0.1) is 6.58 Å². The van der Waals surface area contributed by atoms with E-state index < -0.39 is 0 Å². The zero-order valence-corrected chi connectivity index (χ0v) is 13.9. The number of carbonyl (C=O) groups excluding carboxylic acids is 1. The van der Waals surface area contributed by atoms with Crippen molar-refractivity contribution in [1.82, 2.24) is 15.3 Å². The molecule has 0 saturated carbocycles. The molecule has 25 heavy (non-hydrogen) atoms.